The molecular formula is C42H32Br4N4. The standard InChI is InChI=1S/C42H32Br4N4/c43-33-17-9-27(10-18-33)39-42(30-15-23-36(46)24-16-30)50-38-8-4-2-6-32(38)26-48-40(28-11-19-34(44)20-12-28)41(29-13-21-35(45)22-14-29)49-37-7-3-1-5-31(37)25-47-39/h1-26,39-42,49-50H/t39-,40-,41-,42-/m0/s1. The Balaban J connectivity index is 1.45. The van der Waals surface area contributed by atoms with Crippen LogP contribution >= 0.6 is 63.7 Å². The molecule has 50 heavy (non-hydrogen) atoms. The van der Waals surface area contributed by atoms with Crippen molar-refractivity contribution in [3.05, 3.63) is 197 Å². The van der Waals surface area contributed by atoms with E-state index >= 15 is 0 Å². The molecule has 6 aromatic rings. The summed E-state index contributed by atoms with van der Waals surface area (Å²) >= 11 is 14.5. The van der Waals surface area contributed by atoms with Crippen LogP contribution in [0.5, 0.6) is 0 Å². The van der Waals surface area contributed by atoms with Crippen LogP contribution in [-0.4, -0.2) is 12.4 Å². The molecule has 1 aliphatic rings. The van der Waals surface area contributed by atoms with Crippen LogP contribution in [-0.2, 0) is 0 Å². The molecule has 2 N–H and O–H groups in total. The van der Waals surface area contributed by atoms with E-state index in [0.29, 0.717) is 0 Å². The third-order valence-electron chi connectivity index (χ3n) is 8.80. The van der Waals surface area contributed by atoms with Gasteiger partial charge in [-0.1, -0.05) is 149 Å². The summed E-state index contributed by atoms with van der Waals surface area (Å²) in [5.41, 5.74) is 8.35. The van der Waals surface area contributed by atoms with Gasteiger partial charge in [0.25, 0.3) is 0 Å². The molecule has 1 heterocycles. The van der Waals surface area contributed by atoms with Gasteiger partial charge in [-0.05, 0) is 82.9 Å². The predicted octanol–water partition coefficient (Wildman–Crippen LogP) is 13.1. The topological polar surface area (TPSA) is 48.8 Å². The molecule has 4 atom stereocenters. The molecule has 0 aromatic heterocycles. The van der Waals surface area contributed by atoms with Gasteiger partial charge in [-0.2, -0.15) is 0 Å². The molecule has 4 nitrogen and oxygen atoms in total. The first-order valence-electron chi connectivity index (χ1n) is 16.2. The first-order chi connectivity index (χ1) is 24.4. The molecule has 0 amide bonds. The van der Waals surface area contributed by atoms with Gasteiger partial charge in [0.05, 0.1) is 24.2 Å². The first kappa shape index (κ1) is 34.6. The van der Waals surface area contributed by atoms with Gasteiger partial charge < -0.3 is 10.6 Å². The molecule has 0 aliphatic carbocycles. The number of nitrogens with one attached hydrogen (secondary N) is 2. The summed E-state index contributed by atoms with van der Waals surface area (Å²) in [4.78, 5) is 10.8. The maximum atomic E-state index is 5.40. The largest absolute Gasteiger partial charge is 0.375 e. The van der Waals surface area contributed by atoms with Gasteiger partial charge in [-0.3, -0.25) is 9.98 Å². The number of nitrogens with zero attached hydrogens (tertiary/aromatic N) is 2. The maximum absolute atomic E-state index is 5.40. The Morgan fingerprint density at radius 1 is 0.360 bits per heavy atom. The van der Waals surface area contributed by atoms with Crippen LogP contribution in [0, 0.1) is 0 Å². The molecule has 0 fully saturated rings. The van der Waals surface area contributed by atoms with E-state index in [1.807, 2.05) is 12.4 Å². The van der Waals surface area contributed by atoms with Crippen LogP contribution in [0.15, 0.2) is 173 Å². The molecule has 0 bridgehead atoms. The number of para-hydroxylation sites is 2. The van der Waals surface area contributed by atoms with Crippen molar-refractivity contribution >= 4 is 87.5 Å². The fourth-order valence-corrected chi connectivity index (χ4v) is 7.27. The number of fused-ring (bicyclic) bond motifs is 2. The van der Waals surface area contributed by atoms with Crippen LogP contribution in [0.2, 0.25) is 0 Å². The Labute approximate surface area is 326 Å². The molecular weight excluding hydrogens is 880 g/mol. The number of rotatable bonds is 4. The SMILES string of the molecule is Brc1ccc([C@@H]2N=Cc3ccccc3N[C@@H](c3ccc(Br)cc3)[C@H](c3ccc(Br)cc3)N=Cc3ccccc3N[C@H]2c2ccc(Br)cc2)cc1. The van der Waals surface area contributed by atoms with Crippen molar-refractivity contribution in [3.8, 4) is 0 Å². The first-order valence-corrected chi connectivity index (χ1v) is 19.4. The van der Waals surface area contributed by atoms with E-state index in [9.17, 15) is 0 Å². The van der Waals surface area contributed by atoms with Gasteiger partial charge in [0.1, 0.15) is 0 Å². The number of hydrogen-bond acceptors (Lipinski definition) is 4. The summed E-state index contributed by atoms with van der Waals surface area (Å²) in [6.07, 6.45) is 4.02. The van der Waals surface area contributed by atoms with E-state index in [2.05, 4.69) is 220 Å². The fraction of sp³-hybridized carbons (Fsp3) is 0.0952. The van der Waals surface area contributed by atoms with E-state index in [1.165, 1.54) is 0 Å². The van der Waals surface area contributed by atoms with Crippen LogP contribution in [0.3, 0.4) is 0 Å². The van der Waals surface area contributed by atoms with Crippen molar-refractivity contribution in [2.24, 2.45) is 9.98 Å². The second-order valence-electron chi connectivity index (χ2n) is 12.1. The zero-order valence-electron chi connectivity index (χ0n) is 26.7. The van der Waals surface area contributed by atoms with Crippen molar-refractivity contribution in [1.82, 2.24) is 0 Å². The number of aliphatic imine (C=N–C) groups is 2. The monoisotopic (exact) mass is 908 g/mol. The highest BCUT2D eigenvalue weighted by molar-refractivity contribution is 9.11. The van der Waals surface area contributed by atoms with Crippen molar-refractivity contribution < 1.29 is 0 Å². The quantitative estimate of drug-likeness (QED) is 0.185. The molecule has 7 rings (SSSR count). The second-order valence-corrected chi connectivity index (χ2v) is 15.7. The van der Waals surface area contributed by atoms with E-state index in [0.717, 1.165) is 62.6 Å². The lowest BCUT2D eigenvalue weighted by atomic mass is 9.92. The molecule has 1 aliphatic heterocycles. The van der Waals surface area contributed by atoms with Crippen molar-refractivity contribution in [3.63, 3.8) is 0 Å². The molecule has 8 heteroatoms. The van der Waals surface area contributed by atoms with Gasteiger partial charge in [0.2, 0.25) is 0 Å². The lowest BCUT2D eigenvalue weighted by Gasteiger charge is -2.30. The molecule has 248 valence electrons. The Kier molecular flexibility index (Phi) is 11.1. The highest BCUT2D eigenvalue weighted by Gasteiger charge is 2.28. The molecule has 0 saturated carbocycles. The molecule has 0 saturated heterocycles. The van der Waals surface area contributed by atoms with Gasteiger partial charge in [-0.15, -0.1) is 0 Å². The summed E-state index contributed by atoms with van der Waals surface area (Å²) in [7, 11) is 0. The van der Waals surface area contributed by atoms with Crippen LogP contribution in [0.4, 0.5) is 11.4 Å². The fourth-order valence-electron chi connectivity index (χ4n) is 6.22. The Morgan fingerprint density at radius 2 is 0.660 bits per heavy atom. The Bertz CT molecular complexity index is 1960. The highest BCUT2D eigenvalue weighted by atomic mass is 79.9. The smallest absolute Gasteiger partial charge is 0.0992 e. The predicted molar refractivity (Wildman–Crippen MR) is 223 cm³/mol. The van der Waals surface area contributed by atoms with Gasteiger partial charge in [0.15, 0.2) is 0 Å². The summed E-state index contributed by atoms with van der Waals surface area (Å²) in [5.74, 6) is 0. The minimum Gasteiger partial charge on any atom is -0.375 e. The van der Waals surface area contributed by atoms with Crippen molar-refractivity contribution in [1.29, 1.82) is 0 Å². The summed E-state index contributed by atoms with van der Waals surface area (Å²) in [5, 5.41) is 7.85. The summed E-state index contributed by atoms with van der Waals surface area (Å²) < 4.78 is 4.10. The summed E-state index contributed by atoms with van der Waals surface area (Å²) in [6.45, 7) is 0. The third-order valence-corrected chi connectivity index (χ3v) is 10.9. The summed E-state index contributed by atoms with van der Waals surface area (Å²) in [6, 6.07) is 49.7. The van der Waals surface area contributed by atoms with Crippen molar-refractivity contribution in [2.75, 3.05) is 10.6 Å². The lowest BCUT2D eigenvalue weighted by Crippen LogP contribution is -2.21. The number of benzene rings is 6. The zero-order chi connectivity index (χ0) is 34.5. The molecule has 0 radical (unpaired) electrons. The average molecular weight is 912 g/mol. The molecule has 6 aromatic carbocycles. The van der Waals surface area contributed by atoms with E-state index in [1.54, 1.807) is 0 Å². The minimum absolute atomic E-state index is 0.198. The van der Waals surface area contributed by atoms with Crippen molar-refractivity contribution in [2.45, 2.75) is 24.2 Å². The average Bonchev–Trinajstić information content (AvgIpc) is 3.13. The van der Waals surface area contributed by atoms with Gasteiger partial charge >= 0.3 is 0 Å². The van der Waals surface area contributed by atoms with Gasteiger partial charge in [0, 0.05) is 52.8 Å². The van der Waals surface area contributed by atoms with E-state index in [4.69, 9.17) is 9.98 Å². The number of halogens is 4. The van der Waals surface area contributed by atoms with E-state index < -0.39 is 0 Å². The van der Waals surface area contributed by atoms with Gasteiger partial charge in [-0.25, -0.2) is 0 Å². The minimum atomic E-state index is -0.261. The normalized spacial score (nSPS) is 19.0. The van der Waals surface area contributed by atoms with Crippen LogP contribution in [0.25, 0.3) is 0 Å². The zero-order valence-corrected chi connectivity index (χ0v) is 33.1. The Morgan fingerprint density at radius 3 is 1.00 bits per heavy atom. The van der Waals surface area contributed by atoms with Crippen LogP contribution < -0.4 is 10.6 Å². The Hall–Kier alpha value is -3.82. The maximum Gasteiger partial charge on any atom is 0.0992 e. The number of anilines is 2. The highest BCUT2D eigenvalue weighted by Crippen LogP contribution is 2.40. The lowest BCUT2D eigenvalue weighted by molar-refractivity contribution is 0.611. The molecule has 0 unspecified atom stereocenters. The molecule has 0 spiro atoms. The van der Waals surface area contributed by atoms with Crippen LogP contribution in [0.1, 0.15) is 57.5 Å². The third kappa shape index (κ3) is 8.21. The van der Waals surface area contributed by atoms with E-state index in [-0.39, 0.29) is 24.2 Å². The number of hydrogen-bond donors (Lipinski definition) is 2. The second kappa shape index (κ2) is 16.0.